The second-order valence-electron chi connectivity index (χ2n) is 5.97. The number of nitrogens with zero attached hydrogens (tertiary/aromatic N) is 2. The molecule has 0 aliphatic rings. The molecule has 140 valence electrons. The summed E-state index contributed by atoms with van der Waals surface area (Å²) in [6.45, 7) is 8.87. The summed E-state index contributed by atoms with van der Waals surface area (Å²) in [4.78, 5) is 8.88. The minimum absolute atomic E-state index is 0.536. The number of aromatic nitrogens is 1. The van der Waals surface area contributed by atoms with Crippen LogP contribution >= 0.6 is 0 Å². The predicted octanol–water partition coefficient (Wildman–Crippen LogP) is 3.19. The van der Waals surface area contributed by atoms with Crippen molar-refractivity contribution in [2.45, 2.75) is 27.3 Å². The molecule has 1 heterocycles. The number of methoxy groups -OCH3 is 1. The van der Waals surface area contributed by atoms with Crippen LogP contribution in [-0.2, 0) is 11.3 Å². The van der Waals surface area contributed by atoms with Crippen LogP contribution in [0.4, 0.5) is 0 Å². The minimum atomic E-state index is 0.536. The molecule has 26 heavy (non-hydrogen) atoms. The summed E-state index contributed by atoms with van der Waals surface area (Å²) in [6.07, 6.45) is 1.74. The van der Waals surface area contributed by atoms with Crippen molar-refractivity contribution in [1.29, 1.82) is 0 Å². The van der Waals surface area contributed by atoms with Crippen molar-refractivity contribution in [3.05, 3.63) is 53.2 Å². The van der Waals surface area contributed by atoms with E-state index in [0.29, 0.717) is 25.6 Å². The molecule has 6 nitrogen and oxygen atoms in total. The second kappa shape index (κ2) is 10.4. The Kier molecular flexibility index (Phi) is 7.89. The lowest BCUT2D eigenvalue weighted by molar-refractivity contribution is 0.203. The van der Waals surface area contributed by atoms with E-state index >= 15 is 0 Å². The maximum absolute atomic E-state index is 5.88. The number of guanidine groups is 1. The molecule has 0 fully saturated rings. The Bertz CT molecular complexity index is 732. The van der Waals surface area contributed by atoms with Gasteiger partial charge in [-0.05, 0) is 55.7 Å². The number of rotatable bonds is 8. The molecule has 0 amide bonds. The van der Waals surface area contributed by atoms with Crippen LogP contribution < -0.4 is 15.4 Å². The van der Waals surface area contributed by atoms with Crippen LogP contribution in [-0.4, -0.2) is 37.7 Å². The number of aryl methyl sites for hydroxylation is 2. The van der Waals surface area contributed by atoms with Gasteiger partial charge in [0.05, 0.1) is 13.2 Å². The van der Waals surface area contributed by atoms with Gasteiger partial charge in [-0.25, -0.2) is 9.98 Å². The smallest absolute Gasteiger partial charge is 0.219 e. The number of pyridine rings is 1. The molecule has 0 bridgehead atoms. The van der Waals surface area contributed by atoms with Crippen molar-refractivity contribution in [3.63, 3.8) is 0 Å². The first kappa shape index (κ1) is 19.7. The highest BCUT2D eigenvalue weighted by molar-refractivity contribution is 5.79. The van der Waals surface area contributed by atoms with Gasteiger partial charge >= 0.3 is 0 Å². The first-order valence-electron chi connectivity index (χ1n) is 8.83. The third-order valence-electron chi connectivity index (χ3n) is 3.86. The summed E-state index contributed by atoms with van der Waals surface area (Å²) in [6, 6.07) is 9.88. The molecule has 1 aromatic carbocycles. The Morgan fingerprint density at radius 3 is 2.69 bits per heavy atom. The first-order valence-corrected chi connectivity index (χ1v) is 8.83. The highest BCUT2D eigenvalue weighted by Gasteiger charge is 2.03. The van der Waals surface area contributed by atoms with E-state index in [4.69, 9.17) is 9.47 Å². The van der Waals surface area contributed by atoms with Gasteiger partial charge in [-0.15, -0.1) is 0 Å². The van der Waals surface area contributed by atoms with Crippen molar-refractivity contribution >= 4 is 5.96 Å². The van der Waals surface area contributed by atoms with Crippen molar-refractivity contribution in [2.75, 3.05) is 26.8 Å². The zero-order valence-corrected chi connectivity index (χ0v) is 16.0. The number of ether oxygens (including phenoxy) is 2. The van der Waals surface area contributed by atoms with E-state index in [9.17, 15) is 0 Å². The molecule has 6 heteroatoms. The van der Waals surface area contributed by atoms with Crippen LogP contribution in [0.5, 0.6) is 11.6 Å². The van der Waals surface area contributed by atoms with Crippen LogP contribution in [0, 0.1) is 13.8 Å². The highest BCUT2D eigenvalue weighted by atomic mass is 16.5. The van der Waals surface area contributed by atoms with E-state index in [0.717, 1.165) is 23.8 Å². The fraction of sp³-hybridized carbons (Fsp3) is 0.400. The Hall–Kier alpha value is -2.60. The van der Waals surface area contributed by atoms with Crippen LogP contribution in [0.2, 0.25) is 0 Å². The molecular weight excluding hydrogens is 328 g/mol. The summed E-state index contributed by atoms with van der Waals surface area (Å²) in [7, 11) is 1.68. The van der Waals surface area contributed by atoms with Crippen molar-refractivity contribution in [1.82, 2.24) is 15.6 Å². The van der Waals surface area contributed by atoms with Crippen LogP contribution in [0.1, 0.15) is 23.6 Å². The first-order chi connectivity index (χ1) is 12.6. The van der Waals surface area contributed by atoms with Crippen LogP contribution in [0.25, 0.3) is 0 Å². The molecule has 1 aromatic heterocycles. The van der Waals surface area contributed by atoms with Gasteiger partial charge < -0.3 is 20.1 Å². The maximum Gasteiger partial charge on any atom is 0.219 e. The van der Waals surface area contributed by atoms with Gasteiger partial charge in [-0.2, -0.15) is 0 Å². The normalized spacial score (nSPS) is 11.3. The number of hydrogen-bond acceptors (Lipinski definition) is 4. The summed E-state index contributed by atoms with van der Waals surface area (Å²) in [5.41, 5.74) is 3.47. The van der Waals surface area contributed by atoms with Crippen molar-refractivity contribution in [2.24, 2.45) is 4.99 Å². The molecule has 2 rings (SSSR count). The van der Waals surface area contributed by atoms with Gasteiger partial charge in [0.2, 0.25) is 5.88 Å². The minimum Gasteiger partial charge on any atom is -0.439 e. The van der Waals surface area contributed by atoms with Crippen molar-refractivity contribution in [3.8, 4) is 11.6 Å². The summed E-state index contributed by atoms with van der Waals surface area (Å²) in [5, 5.41) is 6.44. The topological polar surface area (TPSA) is 67.8 Å². The third kappa shape index (κ3) is 6.37. The zero-order chi connectivity index (χ0) is 18.8. The average Bonchev–Trinajstić information content (AvgIpc) is 2.63. The fourth-order valence-electron chi connectivity index (χ4n) is 2.29. The summed E-state index contributed by atoms with van der Waals surface area (Å²) in [5.74, 6) is 2.12. The van der Waals surface area contributed by atoms with Gasteiger partial charge in [0, 0.05) is 32.5 Å². The molecule has 2 N–H and O–H groups in total. The van der Waals surface area contributed by atoms with E-state index in [-0.39, 0.29) is 0 Å². The van der Waals surface area contributed by atoms with Gasteiger partial charge in [-0.3, -0.25) is 0 Å². The Morgan fingerprint density at radius 2 is 1.96 bits per heavy atom. The van der Waals surface area contributed by atoms with Gasteiger partial charge in [0.25, 0.3) is 0 Å². The molecule has 0 radical (unpaired) electrons. The molecule has 0 unspecified atom stereocenters. The molecule has 0 spiro atoms. The Labute approximate surface area is 155 Å². The summed E-state index contributed by atoms with van der Waals surface area (Å²) < 4.78 is 10.9. The average molecular weight is 356 g/mol. The predicted molar refractivity (Wildman–Crippen MR) is 105 cm³/mol. The Morgan fingerprint density at radius 1 is 1.12 bits per heavy atom. The lowest BCUT2D eigenvalue weighted by Crippen LogP contribution is -2.38. The molecule has 0 saturated heterocycles. The highest BCUT2D eigenvalue weighted by Crippen LogP contribution is 2.22. The molecule has 2 aromatic rings. The molecule has 0 saturated carbocycles. The standard InChI is InChI=1S/C20H28N4O2/c1-5-21-20(23-10-11-25-4)24-14-17-8-9-22-19(13-17)26-18-7-6-15(2)16(3)12-18/h6-9,12-13H,5,10-11,14H2,1-4H3,(H2,21,23,24). The van der Waals surface area contributed by atoms with E-state index in [1.54, 1.807) is 13.3 Å². The van der Waals surface area contributed by atoms with E-state index < -0.39 is 0 Å². The van der Waals surface area contributed by atoms with Gasteiger partial charge in [0.15, 0.2) is 5.96 Å². The monoisotopic (exact) mass is 356 g/mol. The molecule has 0 atom stereocenters. The zero-order valence-electron chi connectivity index (χ0n) is 16.0. The van der Waals surface area contributed by atoms with Gasteiger partial charge in [0.1, 0.15) is 5.75 Å². The van der Waals surface area contributed by atoms with Crippen molar-refractivity contribution < 1.29 is 9.47 Å². The largest absolute Gasteiger partial charge is 0.439 e. The number of nitrogens with one attached hydrogen (secondary N) is 2. The van der Waals surface area contributed by atoms with E-state index in [1.807, 2.05) is 37.3 Å². The van der Waals surface area contributed by atoms with E-state index in [1.165, 1.54) is 11.1 Å². The number of hydrogen-bond donors (Lipinski definition) is 2. The van der Waals surface area contributed by atoms with E-state index in [2.05, 4.69) is 34.5 Å². The molecule has 0 aliphatic heterocycles. The number of aliphatic imine (C=N–C) groups is 1. The SMILES string of the molecule is CCNC(=NCc1ccnc(Oc2ccc(C)c(C)c2)c1)NCCOC. The fourth-order valence-corrected chi connectivity index (χ4v) is 2.29. The maximum atomic E-state index is 5.88. The third-order valence-corrected chi connectivity index (χ3v) is 3.86. The molecule has 0 aliphatic carbocycles. The van der Waals surface area contributed by atoms with Crippen LogP contribution in [0.15, 0.2) is 41.5 Å². The van der Waals surface area contributed by atoms with Crippen LogP contribution in [0.3, 0.4) is 0 Å². The second-order valence-corrected chi connectivity index (χ2v) is 5.97. The van der Waals surface area contributed by atoms with Gasteiger partial charge in [-0.1, -0.05) is 6.07 Å². The summed E-state index contributed by atoms with van der Waals surface area (Å²) >= 11 is 0. The Balaban J connectivity index is 2.02. The quantitative estimate of drug-likeness (QED) is 0.432. The lowest BCUT2D eigenvalue weighted by atomic mass is 10.1. The lowest BCUT2D eigenvalue weighted by Gasteiger charge is -2.11. The molecular formula is C20H28N4O2. The number of benzene rings is 1.